The fourth-order valence-electron chi connectivity index (χ4n) is 5.09. The summed E-state index contributed by atoms with van der Waals surface area (Å²) in [5.41, 5.74) is 4.34. The van der Waals surface area contributed by atoms with E-state index < -0.39 is 6.10 Å². The highest BCUT2D eigenvalue weighted by Gasteiger charge is 2.28. The second-order valence-electron chi connectivity index (χ2n) is 10.7. The lowest BCUT2D eigenvalue weighted by Gasteiger charge is -2.31. The zero-order valence-electron chi connectivity index (χ0n) is 22.6. The van der Waals surface area contributed by atoms with E-state index in [1.54, 1.807) is 19.1 Å². The molecule has 0 radical (unpaired) electrons. The van der Waals surface area contributed by atoms with Gasteiger partial charge >= 0.3 is 5.97 Å². The van der Waals surface area contributed by atoms with Crippen molar-refractivity contribution in [1.82, 2.24) is 5.32 Å². The van der Waals surface area contributed by atoms with Gasteiger partial charge in [-0.25, -0.2) is 4.39 Å². The summed E-state index contributed by atoms with van der Waals surface area (Å²) in [6.45, 7) is 9.00. The molecule has 37 heavy (non-hydrogen) atoms. The molecule has 0 spiro atoms. The van der Waals surface area contributed by atoms with Crippen molar-refractivity contribution in [2.45, 2.75) is 77.5 Å². The molecule has 6 heteroatoms. The number of halogens is 1. The Hall–Kier alpha value is -2.54. The Morgan fingerprint density at radius 3 is 2.59 bits per heavy atom. The van der Waals surface area contributed by atoms with Crippen molar-refractivity contribution in [3.05, 3.63) is 76.6 Å². The van der Waals surface area contributed by atoms with Gasteiger partial charge in [0.2, 0.25) is 0 Å². The standard InChI is InChI=1S/C31H42FNO4/c1-5-36-30(35)13-9-8-12-26-18-27(32)14-15-29(26)22(2)37-21-28(34)20-33-31(3,4)19-23-16-24-10-6-7-11-25(24)17-23/h6-8,10-12,14-15,18,22-23,28,33-34H,5,9,13,16-17,19-21H2,1-4H3/t22-,28-/m1/s1. The number of β-amino-alcohol motifs (C(OH)–C–C–N with tert-alkyl or cyclic N) is 1. The Morgan fingerprint density at radius 1 is 1.22 bits per heavy atom. The molecule has 2 aromatic rings. The fourth-order valence-corrected chi connectivity index (χ4v) is 5.09. The van der Waals surface area contributed by atoms with Gasteiger partial charge in [-0.1, -0.05) is 42.5 Å². The molecule has 0 amide bonds. The SMILES string of the molecule is CCOC(=O)CCC=Cc1cc(F)ccc1[C@@H](C)OC[C@H](O)CNC(C)(C)CC1Cc2ccccc2C1. The molecule has 0 bridgehead atoms. The van der Waals surface area contributed by atoms with E-state index in [0.717, 1.165) is 24.8 Å². The molecule has 2 atom stereocenters. The van der Waals surface area contributed by atoms with Crippen LogP contribution in [0.5, 0.6) is 0 Å². The molecule has 0 fully saturated rings. The Kier molecular flexibility index (Phi) is 10.9. The molecule has 0 aromatic heterocycles. The molecule has 0 saturated carbocycles. The number of aliphatic hydroxyl groups excluding tert-OH is 1. The molecular formula is C31H42FNO4. The maximum atomic E-state index is 13.9. The van der Waals surface area contributed by atoms with Gasteiger partial charge in [-0.15, -0.1) is 0 Å². The molecule has 2 aromatic carbocycles. The number of fused-ring (bicyclic) bond motifs is 1. The molecule has 0 heterocycles. The number of nitrogens with one attached hydrogen (secondary N) is 1. The summed E-state index contributed by atoms with van der Waals surface area (Å²) in [6, 6.07) is 13.2. The van der Waals surface area contributed by atoms with Crippen LogP contribution in [0.1, 0.15) is 75.3 Å². The van der Waals surface area contributed by atoms with Crippen LogP contribution in [-0.2, 0) is 27.1 Å². The van der Waals surface area contributed by atoms with E-state index in [0.29, 0.717) is 31.1 Å². The summed E-state index contributed by atoms with van der Waals surface area (Å²) in [5, 5.41) is 14.1. The highest BCUT2D eigenvalue weighted by atomic mass is 19.1. The first-order valence-corrected chi connectivity index (χ1v) is 13.4. The number of rotatable bonds is 14. The minimum Gasteiger partial charge on any atom is -0.466 e. The molecule has 0 unspecified atom stereocenters. The van der Waals surface area contributed by atoms with E-state index in [2.05, 4.69) is 43.4 Å². The predicted octanol–water partition coefficient (Wildman–Crippen LogP) is 5.79. The first-order valence-electron chi connectivity index (χ1n) is 13.4. The fraction of sp³-hybridized carbons (Fsp3) is 0.516. The maximum absolute atomic E-state index is 13.9. The lowest BCUT2D eigenvalue weighted by atomic mass is 9.88. The third-order valence-corrected chi connectivity index (χ3v) is 6.89. The van der Waals surface area contributed by atoms with Crippen LogP contribution in [0.25, 0.3) is 6.08 Å². The Bertz CT molecular complexity index is 1030. The lowest BCUT2D eigenvalue weighted by Crippen LogP contribution is -2.45. The number of benzene rings is 2. The second kappa shape index (κ2) is 13.8. The molecule has 3 rings (SSSR count). The van der Waals surface area contributed by atoms with Crippen molar-refractivity contribution < 1.29 is 23.8 Å². The van der Waals surface area contributed by atoms with Crippen LogP contribution in [0.4, 0.5) is 4.39 Å². The van der Waals surface area contributed by atoms with Gasteiger partial charge in [0.15, 0.2) is 0 Å². The van der Waals surface area contributed by atoms with E-state index in [1.807, 2.05) is 13.0 Å². The predicted molar refractivity (Wildman–Crippen MR) is 146 cm³/mol. The smallest absolute Gasteiger partial charge is 0.306 e. The van der Waals surface area contributed by atoms with Crippen LogP contribution in [-0.4, -0.2) is 42.5 Å². The third kappa shape index (κ3) is 9.37. The molecule has 1 aliphatic rings. The first kappa shape index (κ1) is 29.0. The van der Waals surface area contributed by atoms with Gasteiger partial charge in [0, 0.05) is 18.5 Å². The zero-order valence-corrected chi connectivity index (χ0v) is 22.6. The highest BCUT2D eigenvalue weighted by molar-refractivity contribution is 5.69. The normalized spacial score (nSPS) is 15.6. The van der Waals surface area contributed by atoms with Gasteiger partial charge in [0.25, 0.3) is 0 Å². The van der Waals surface area contributed by atoms with Crippen molar-refractivity contribution in [2.24, 2.45) is 5.92 Å². The van der Waals surface area contributed by atoms with Crippen molar-refractivity contribution in [1.29, 1.82) is 0 Å². The average Bonchev–Trinajstić information content (AvgIpc) is 3.25. The topological polar surface area (TPSA) is 67.8 Å². The van der Waals surface area contributed by atoms with Gasteiger partial charge in [-0.05, 0) is 93.7 Å². The quantitative estimate of drug-likeness (QED) is 0.314. The molecule has 2 N–H and O–H groups in total. The molecular weight excluding hydrogens is 469 g/mol. The number of carbonyl (C=O) groups is 1. The Balaban J connectivity index is 1.45. The number of aliphatic hydroxyl groups is 1. The third-order valence-electron chi connectivity index (χ3n) is 6.89. The van der Waals surface area contributed by atoms with Crippen LogP contribution in [0.2, 0.25) is 0 Å². The summed E-state index contributed by atoms with van der Waals surface area (Å²) >= 11 is 0. The van der Waals surface area contributed by atoms with E-state index >= 15 is 0 Å². The zero-order chi connectivity index (χ0) is 26.8. The number of ether oxygens (including phenoxy) is 2. The monoisotopic (exact) mass is 511 g/mol. The molecule has 0 aliphatic heterocycles. The van der Waals surface area contributed by atoms with Crippen molar-refractivity contribution >= 4 is 12.0 Å². The van der Waals surface area contributed by atoms with Crippen LogP contribution in [0, 0.1) is 11.7 Å². The van der Waals surface area contributed by atoms with Crippen LogP contribution < -0.4 is 5.32 Å². The number of carbonyl (C=O) groups excluding carboxylic acids is 1. The van der Waals surface area contributed by atoms with Crippen molar-refractivity contribution in [3.63, 3.8) is 0 Å². The van der Waals surface area contributed by atoms with Gasteiger partial charge < -0.3 is 19.9 Å². The minimum atomic E-state index is -0.661. The summed E-state index contributed by atoms with van der Waals surface area (Å²) < 4.78 is 24.8. The lowest BCUT2D eigenvalue weighted by molar-refractivity contribution is -0.143. The number of esters is 1. The first-order chi connectivity index (χ1) is 17.7. The second-order valence-corrected chi connectivity index (χ2v) is 10.7. The van der Waals surface area contributed by atoms with Crippen LogP contribution in [0.15, 0.2) is 48.5 Å². The maximum Gasteiger partial charge on any atom is 0.306 e. The Morgan fingerprint density at radius 2 is 1.92 bits per heavy atom. The van der Waals surface area contributed by atoms with E-state index in [-0.39, 0.29) is 36.5 Å². The molecule has 202 valence electrons. The van der Waals surface area contributed by atoms with Gasteiger partial charge in [-0.3, -0.25) is 4.79 Å². The average molecular weight is 512 g/mol. The number of hydrogen-bond acceptors (Lipinski definition) is 5. The van der Waals surface area contributed by atoms with E-state index in [1.165, 1.54) is 23.3 Å². The van der Waals surface area contributed by atoms with Gasteiger partial charge in [0.05, 0.1) is 25.4 Å². The van der Waals surface area contributed by atoms with Crippen LogP contribution >= 0.6 is 0 Å². The minimum absolute atomic E-state index is 0.0994. The van der Waals surface area contributed by atoms with Gasteiger partial charge in [-0.2, -0.15) is 0 Å². The molecule has 0 saturated heterocycles. The highest BCUT2D eigenvalue weighted by Crippen LogP contribution is 2.32. The van der Waals surface area contributed by atoms with E-state index in [9.17, 15) is 14.3 Å². The number of allylic oxidation sites excluding steroid dienone is 1. The Labute approximate surface area is 221 Å². The summed E-state index contributed by atoms with van der Waals surface area (Å²) in [5.74, 6) is 0.0239. The molecule has 5 nitrogen and oxygen atoms in total. The van der Waals surface area contributed by atoms with Crippen molar-refractivity contribution in [3.8, 4) is 0 Å². The van der Waals surface area contributed by atoms with Crippen LogP contribution in [0.3, 0.4) is 0 Å². The number of hydrogen-bond donors (Lipinski definition) is 2. The van der Waals surface area contributed by atoms with E-state index in [4.69, 9.17) is 9.47 Å². The molecule has 1 aliphatic carbocycles. The van der Waals surface area contributed by atoms with Crippen molar-refractivity contribution in [2.75, 3.05) is 19.8 Å². The summed E-state index contributed by atoms with van der Waals surface area (Å²) in [6.07, 6.45) is 6.71. The summed E-state index contributed by atoms with van der Waals surface area (Å²) in [7, 11) is 0. The largest absolute Gasteiger partial charge is 0.466 e. The van der Waals surface area contributed by atoms with Gasteiger partial charge in [0.1, 0.15) is 5.82 Å². The summed E-state index contributed by atoms with van der Waals surface area (Å²) in [4.78, 5) is 11.5.